The van der Waals surface area contributed by atoms with Crippen LogP contribution in [0.3, 0.4) is 0 Å². The van der Waals surface area contributed by atoms with Crippen molar-refractivity contribution in [3.8, 4) is 0 Å². The minimum Gasteiger partial charge on any atom is -0.460 e. The van der Waals surface area contributed by atoms with E-state index >= 15 is 0 Å². The van der Waals surface area contributed by atoms with Crippen LogP contribution in [0.5, 0.6) is 0 Å². The molecule has 25 heavy (non-hydrogen) atoms. The van der Waals surface area contributed by atoms with Gasteiger partial charge in [0.25, 0.3) is 5.69 Å². The fourth-order valence-corrected chi connectivity index (χ4v) is 2.48. The van der Waals surface area contributed by atoms with E-state index in [0.717, 1.165) is 19.3 Å². The first kappa shape index (κ1) is 18.4. The van der Waals surface area contributed by atoms with Crippen LogP contribution in [0.2, 0.25) is 0 Å². The molecule has 0 spiro atoms. The molecule has 1 fully saturated rings. The highest BCUT2D eigenvalue weighted by atomic mass is 16.6. The summed E-state index contributed by atoms with van der Waals surface area (Å²) in [5, 5.41) is 10.6. The molecule has 134 valence electrons. The summed E-state index contributed by atoms with van der Waals surface area (Å²) < 4.78 is 5.10. The van der Waals surface area contributed by atoms with Crippen molar-refractivity contribution < 1.29 is 19.2 Å². The highest BCUT2D eigenvalue weighted by Gasteiger charge is 2.18. The molecular weight excluding hydrogens is 328 g/mol. The van der Waals surface area contributed by atoms with Gasteiger partial charge in [0.1, 0.15) is 18.9 Å². The zero-order valence-electron chi connectivity index (χ0n) is 13.7. The summed E-state index contributed by atoms with van der Waals surface area (Å²) in [6, 6.07) is 5.78. The number of aliphatic imine (C=N–C) groups is 1. The molecule has 1 aliphatic rings. The van der Waals surface area contributed by atoms with Gasteiger partial charge in [0.05, 0.1) is 11.0 Å². The second kappa shape index (κ2) is 8.76. The number of non-ortho nitro benzene ring substituents is 1. The molecule has 0 saturated carbocycles. The van der Waals surface area contributed by atoms with E-state index in [1.165, 1.54) is 24.3 Å². The van der Waals surface area contributed by atoms with E-state index in [-0.39, 0.29) is 30.6 Å². The topological polar surface area (TPSA) is 128 Å². The van der Waals surface area contributed by atoms with Gasteiger partial charge in [-0.1, -0.05) is 0 Å². The molecule has 0 aliphatic carbocycles. The van der Waals surface area contributed by atoms with Gasteiger partial charge in [-0.3, -0.25) is 24.7 Å². The van der Waals surface area contributed by atoms with Crippen molar-refractivity contribution in [3.63, 3.8) is 0 Å². The SMILES string of the molecule is NC(CC(=O)OCc1ccc([N+](=O)[O-])cc1)=NC1CCN(C=O)CC1. The summed E-state index contributed by atoms with van der Waals surface area (Å²) in [7, 11) is 0. The summed E-state index contributed by atoms with van der Waals surface area (Å²) in [5.74, 6) is -0.303. The summed E-state index contributed by atoms with van der Waals surface area (Å²) in [4.78, 5) is 38.5. The zero-order valence-corrected chi connectivity index (χ0v) is 13.7. The number of nitrogens with zero attached hydrogens (tertiary/aromatic N) is 3. The fourth-order valence-electron chi connectivity index (χ4n) is 2.48. The van der Waals surface area contributed by atoms with E-state index in [4.69, 9.17) is 10.5 Å². The number of hydrogen-bond donors (Lipinski definition) is 1. The quantitative estimate of drug-likeness (QED) is 0.195. The Morgan fingerprint density at radius 3 is 2.56 bits per heavy atom. The molecule has 1 aliphatic heterocycles. The molecule has 1 heterocycles. The van der Waals surface area contributed by atoms with E-state index < -0.39 is 10.9 Å². The molecule has 0 bridgehead atoms. The van der Waals surface area contributed by atoms with Crippen LogP contribution >= 0.6 is 0 Å². The third-order valence-electron chi connectivity index (χ3n) is 3.87. The summed E-state index contributed by atoms with van der Waals surface area (Å²) in [6.07, 6.45) is 2.15. The van der Waals surface area contributed by atoms with E-state index in [0.29, 0.717) is 18.7 Å². The minimum atomic E-state index is -0.509. The standard InChI is InChI=1S/C16H20N4O5/c17-15(18-13-5-7-19(11-21)8-6-13)9-16(22)25-10-12-1-3-14(4-2-12)20(23)24/h1-4,11,13H,5-10H2,(H2,17,18). The Kier molecular flexibility index (Phi) is 6.44. The third-order valence-corrected chi connectivity index (χ3v) is 3.87. The Balaban J connectivity index is 1.76. The molecule has 1 amide bonds. The Morgan fingerprint density at radius 1 is 1.36 bits per heavy atom. The van der Waals surface area contributed by atoms with Crippen molar-refractivity contribution >= 4 is 23.9 Å². The van der Waals surface area contributed by atoms with Crippen LogP contribution < -0.4 is 5.73 Å². The van der Waals surface area contributed by atoms with Crippen LogP contribution in [0.15, 0.2) is 29.3 Å². The van der Waals surface area contributed by atoms with Crippen molar-refractivity contribution in [2.75, 3.05) is 13.1 Å². The van der Waals surface area contributed by atoms with Crippen LogP contribution in [0, 0.1) is 10.1 Å². The maximum Gasteiger partial charge on any atom is 0.313 e. The number of nitro groups is 1. The lowest BCUT2D eigenvalue weighted by molar-refractivity contribution is -0.384. The number of carbonyl (C=O) groups is 2. The number of amides is 1. The van der Waals surface area contributed by atoms with Crippen molar-refractivity contribution in [3.05, 3.63) is 39.9 Å². The number of amidine groups is 1. The van der Waals surface area contributed by atoms with Gasteiger partial charge in [-0.2, -0.15) is 0 Å². The number of piperidine rings is 1. The molecular formula is C16H20N4O5. The number of esters is 1. The number of ether oxygens (including phenoxy) is 1. The molecule has 1 saturated heterocycles. The second-order valence-electron chi connectivity index (χ2n) is 5.75. The van der Waals surface area contributed by atoms with Crippen molar-refractivity contribution in [2.45, 2.75) is 31.9 Å². The highest BCUT2D eigenvalue weighted by Crippen LogP contribution is 2.14. The van der Waals surface area contributed by atoms with Gasteiger partial charge in [0.15, 0.2) is 0 Å². The first-order chi connectivity index (χ1) is 12.0. The lowest BCUT2D eigenvalue weighted by atomic mass is 10.1. The monoisotopic (exact) mass is 348 g/mol. The molecule has 0 radical (unpaired) electrons. The fraction of sp³-hybridized carbons (Fsp3) is 0.438. The summed E-state index contributed by atoms with van der Waals surface area (Å²) in [6.45, 7) is 1.28. The maximum absolute atomic E-state index is 11.8. The van der Waals surface area contributed by atoms with Gasteiger partial charge in [0, 0.05) is 25.2 Å². The predicted octanol–water partition coefficient (Wildman–Crippen LogP) is 1.01. The molecule has 0 atom stereocenters. The average Bonchev–Trinajstić information content (AvgIpc) is 2.61. The van der Waals surface area contributed by atoms with Gasteiger partial charge >= 0.3 is 5.97 Å². The lowest BCUT2D eigenvalue weighted by Crippen LogP contribution is -2.35. The molecule has 9 nitrogen and oxygen atoms in total. The van der Waals surface area contributed by atoms with E-state index in [1.54, 1.807) is 4.90 Å². The van der Waals surface area contributed by atoms with Crippen molar-refractivity contribution in [2.24, 2.45) is 10.7 Å². The predicted molar refractivity (Wildman–Crippen MR) is 89.8 cm³/mol. The van der Waals surface area contributed by atoms with Crippen LogP contribution in [-0.2, 0) is 20.9 Å². The average molecular weight is 348 g/mol. The number of carbonyl (C=O) groups excluding carboxylic acids is 2. The van der Waals surface area contributed by atoms with Gasteiger partial charge < -0.3 is 15.4 Å². The van der Waals surface area contributed by atoms with Crippen LogP contribution in [0.4, 0.5) is 5.69 Å². The van der Waals surface area contributed by atoms with Crippen LogP contribution in [0.1, 0.15) is 24.8 Å². The summed E-state index contributed by atoms with van der Waals surface area (Å²) in [5.41, 5.74) is 6.41. The molecule has 9 heteroatoms. The molecule has 0 unspecified atom stereocenters. The van der Waals surface area contributed by atoms with Crippen LogP contribution in [-0.4, -0.2) is 47.2 Å². The Bertz CT molecular complexity index is 651. The van der Waals surface area contributed by atoms with Gasteiger partial charge in [-0.15, -0.1) is 0 Å². The van der Waals surface area contributed by atoms with Crippen LogP contribution in [0.25, 0.3) is 0 Å². The zero-order chi connectivity index (χ0) is 18.2. The van der Waals surface area contributed by atoms with Gasteiger partial charge in [0.2, 0.25) is 6.41 Å². The highest BCUT2D eigenvalue weighted by molar-refractivity contribution is 5.96. The van der Waals surface area contributed by atoms with Gasteiger partial charge in [-0.25, -0.2) is 0 Å². The first-order valence-corrected chi connectivity index (χ1v) is 7.88. The Morgan fingerprint density at radius 2 is 2.00 bits per heavy atom. The smallest absolute Gasteiger partial charge is 0.313 e. The van der Waals surface area contributed by atoms with Crippen molar-refractivity contribution in [1.29, 1.82) is 0 Å². The molecule has 2 rings (SSSR count). The normalized spacial score (nSPS) is 15.7. The maximum atomic E-state index is 11.8. The lowest BCUT2D eigenvalue weighted by Gasteiger charge is -2.27. The molecule has 0 aromatic heterocycles. The number of benzene rings is 1. The minimum absolute atomic E-state index is 0.0127. The number of hydrogen-bond acceptors (Lipinski definition) is 6. The van der Waals surface area contributed by atoms with Crippen molar-refractivity contribution in [1.82, 2.24) is 4.90 Å². The number of likely N-dealkylation sites (tertiary alicyclic amines) is 1. The number of rotatable bonds is 7. The third kappa shape index (κ3) is 5.87. The van der Waals surface area contributed by atoms with E-state index in [9.17, 15) is 19.7 Å². The number of nitrogens with two attached hydrogens (primary N) is 1. The molecule has 1 aromatic rings. The van der Waals surface area contributed by atoms with E-state index in [2.05, 4.69) is 4.99 Å². The first-order valence-electron chi connectivity index (χ1n) is 7.88. The van der Waals surface area contributed by atoms with E-state index in [1.807, 2.05) is 0 Å². The summed E-state index contributed by atoms with van der Waals surface area (Å²) >= 11 is 0. The number of nitro benzene ring substituents is 1. The molecule has 2 N–H and O–H groups in total. The second-order valence-corrected chi connectivity index (χ2v) is 5.75. The van der Waals surface area contributed by atoms with Gasteiger partial charge in [-0.05, 0) is 30.5 Å². The molecule has 1 aromatic carbocycles. The largest absolute Gasteiger partial charge is 0.460 e. The Hall–Kier alpha value is -2.97. The Labute approximate surface area is 144 Å².